The highest BCUT2D eigenvalue weighted by Gasteiger charge is 2.40. The average Bonchev–Trinajstić information content (AvgIpc) is 2.89. The number of hydrogen-bond acceptors (Lipinski definition) is 6. The number of benzene rings is 1. The molecule has 2 aliphatic heterocycles. The molecular formula is C19H24N2O6S. The first-order valence-corrected chi connectivity index (χ1v) is 10.9. The largest absolute Gasteiger partial charge is 0.466 e. The van der Waals surface area contributed by atoms with Crippen LogP contribution in [0.5, 0.6) is 0 Å². The summed E-state index contributed by atoms with van der Waals surface area (Å²) in [5.41, 5.74) is 0.176. The van der Waals surface area contributed by atoms with Gasteiger partial charge in [0.25, 0.3) is 15.9 Å². The van der Waals surface area contributed by atoms with E-state index in [1.807, 2.05) is 0 Å². The number of nitrogens with zero attached hydrogens (tertiary/aromatic N) is 2. The third-order valence-corrected chi connectivity index (χ3v) is 6.97. The van der Waals surface area contributed by atoms with Gasteiger partial charge in [-0.25, -0.2) is 12.7 Å². The first-order chi connectivity index (χ1) is 13.4. The van der Waals surface area contributed by atoms with Gasteiger partial charge in [0, 0.05) is 26.1 Å². The number of likely N-dealkylation sites (tertiary alicyclic amines) is 1. The summed E-state index contributed by atoms with van der Waals surface area (Å²) in [6.07, 6.45) is 1.55. The molecule has 0 spiro atoms. The predicted octanol–water partition coefficient (Wildman–Crippen LogP) is 1.41. The van der Waals surface area contributed by atoms with Gasteiger partial charge >= 0.3 is 5.97 Å². The van der Waals surface area contributed by atoms with E-state index in [-0.39, 0.29) is 47.6 Å². The van der Waals surface area contributed by atoms with Gasteiger partial charge < -0.3 is 9.64 Å². The van der Waals surface area contributed by atoms with Crippen molar-refractivity contribution in [3.05, 3.63) is 29.8 Å². The molecule has 2 amide bonds. The molecular weight excluding hydrogens is 384 g/mol. The molecule has 1 aromatic carbocycles. The highest BCUT2D eigenvalue weighted by atomic mass is 32.2. The summed E-state index contributed by atoms with van der Waals surface area (Å²) >= 11 is 0. The van der Waals surface area contributed by atoms with Crippen molar-refractivity contribution in [3.63, 3.8) is 0 Å². The summed E-state index contributed by atoms with van der Waals surface area (Å²) in [6.45, 7) is 3.05. The number of hydrogen-bond donors (Lipinski definition) is 0. The lowest BCUT2D eigenvalue weighted by Crippen LogP contribution is -2.41. The molecule has 0 saturated carbocycles. The zero-order valence-corrected chi connectivity index (χ0v) is 16.6. The number of piperidine rings is 1. The van der Waals surface area contributed by atoms with Crippen molar-refractivity contribution in [1.82, 2.24) is 9.21 Å². The lowest BCUT2D eigenvalue weighted by molar-refractivity contribution is -0.151. The molecule has 0 aromatic heterocycles. The number of fused-ring (bicyclic) bond motifs is 1. The number of carbonyl (C=O) groups excluding carboxylic acids is 3. The molecule has 0 atom stereocenters. The zero-order chi connectivity index (χ0) is 20.3. The van der Waals surface area contributed by atoms with Crippen LogP contribution in [-0.2, 0) is 24.3 Å². The molecule has 1 aromatic rings. The average molecular weight is 408 g/mol. The summed E-state index contributed by atoms with van der Waals surface area (Å²) in [7, 11) is -3.83. The molecule has 0 radical (unpaired) electrons. The third-order valence-electron chi connectivity index (χ3n) is 5.13. The van der Waals surface area contributed by atoms with E-state index in [1.165, 1.54) is 12.1 Å². The molecule has 0 bridgehead atoms. The Morgan fingerprint density at radius 3 is 2.50 bits per heavy atom. The minimum absolute atomic E-state index is 0.0207. The molecule has 2 aliphatic rings. The molecule has 28 heavy (non-hydrogen) atoms. The number of esters is 1. The van der Waals surface area contributed by atoms with Gasteiger partial charge in [-0.05, 0) is 38.3 Å². The second-order valence-electron chi connectivity index (χ2n) is 6.89. The SMILES string of the molecule is CCOC(=O)C1CCN(C(=O)CCCN2C(=O)c3ccccc3S2(=O)=O)CC1. The maximum absolute atomic E-state index is 12.5. The van der Waals surface area contributed by atoms with Gasteiger partial charge in [-0.2, -0.15) is 0 Å². The van der Waals surface area contributed by atoms with Crippen LogP contribution in [0.25, 0.3) is 0 Å². The van der Waals surface area contributed by atoms with Crippen LogP contribution in [0, 0.1) is 5.92 Å². The van der Waals surface area contributed by atoms with Crippen LogP contribution >= 0.6 is 0 Å². The molecule has 0 N–H and O–H groups in total. The third kappa shape index (κ3) is 3.89. The fourth-order valence-corrected chi connectivity index (χ4v) is 5.22. The van der Waals surface area contributed by atoms with Crippen LogP contribution < -0.4 is 0 Å². The Bertz CT molecular complexity index is 874. The van der Waals surface area contributed by atoms with Gasteiger partial charge in [0.15, 0.2) is 0 Å². The summed E-state index contributed by atoms with van der Waals surface area (Å²) in [5.74, 6) is -1.02. The number of amides is 2. The van der Waals surface area contributed by atoms with Gasteiger partial charge in [-0.15, -0.1) is 0 Å². The van der Waals surface area contributed by atoms with Crippen molar-refractivity contribution in [3.8, 4) is 0 Å². The fraction of sp³-hybridized carbons (Fsp3) is 0.526. The van der Waals surface area contributed by atoms with Crippen LogP contribution in [0.2, 0.25) is 0 Å². The van der Waals surface area contributed by atoms with Crippen molar-refractivity contribution in [2.24, 2.45) is 5.92 Å². The standard InChI is InChI=1S/C19H24N2O6S/c1-2-27-19(24)14-9-12-20(13-10-14)17(22)8-5-11-21-18(23)15-6-3-4-7-16(15)28(21,25)26/h3-4,6-7,14H,2,5,8-13H2,1H3. The van der Waals surface area contributed by atoms with Crippen molar-refractivity contribution >= 4 is 27.8 Å². The van der Waals surface area contributed by atoms with Crippen LogP contribution in [0.3, 0.4) is 0 Å². The number of rotatable bonds is 6. The fourth-order valence-electron chi connectivity index (χ4n) is 3.61. The highest BCUT2D eigenvalue weighted by Crippen LogP contribution is 2.30. The van der Waals surface area contributed by atoms with E-state index in [0.29, 0.717) is 32.5 Å². The summed E-state index contributed by atoms with van der Waals surface area (Å²) in [4.78, 5) is 38.2. The van der Waals surface area contributed by atoms with E-state index in [9.17, 15) is 22.8 Å². The smallest absolute Gasteiger partial charge is 0.309 e. The monoisotopic (exact) mass is 408 g/mol. The Morgan fingerprint density at radius 2 is 1.86 bits per heavy atom. The normalized spacial score (nSPS) is 18.8. The Balaban J connectivity index is 1.49. The van der Waals surface area contributed by atoms with Crippen LogP contribution in [-0.4, -0.2) is 61.6 Å². The Kier molecular flexibility index (Phi) is 6.02. The van der Waals surface area contributed by atoms with Crippen LogP contribution in [0.4, 0.5) is 0 Å². The van der Waals surface area contributed by atoms with Crippen molar-refractivity contribution in [2.45, 2.75) is 37.5 Å². The van der Waals surface area contributed by atoms with Crippen molar-refractivity contribution in [1.29, 1.82) is 0 Å². The van der Waals surface area contributed by atoms with Gasteiger partial charge in [-0.3, -0.25) is 14.4 Å². The maximum atomic E-state index is 12.5. The zero-order valence-electron chi connectivity index (χ0n) is 15.8. The number of ether oxygens (including phenoxy) is 1. The molecule has 152 valence electrons. The predicted molar refractivity (Wildman–Crippen MR) is 99.8 cm³/mol. The molecule has 2 heterocycles. The molecule has 1 saturated heterocycles. The van der Waals surface area contributed by atoms with Crippen molar-refractivity contribution in [2.75, 3.05) is 26.2 Å². The topological polar surface area (TPSA) is 101 Å². The minimum Gasteiger partial charge on any atom is -0.466 e. The highest BCUT2D eigenvalue weighted by molar-refractivity contribution is 7.90. The molecule has 1 fully saturated rings. The quantitative estimate of drug-likeness (QED) is 0.660. The molecule has 9 heteroatoms. The summed E-state index contributed by atoms with van der Waals surface area (Å²) in [6, 6.07) is 6.12. The summed E-state index contributed by atoms with van der Waals surface area (Å²) in [5, 5.41) is 0. The van der Waals surface area contributed by atoms with Gasteiger partial charge in [0.1, 0.15) is 4.90 Å². The molecule has 8 nitrogen and oxygen atoms in total. The number of carbonyl (C=O) groups is 3. The van der Waals surface area contributed by atoms with Gasteiger partial charge in [0.05, 0.1) is 18.1 Å². The lowest BCUT2D eigenvalue weighted by Gasteiger charge is -2.31. The van der Waals surface area contributed by atoms with Gasteiger partial charge in [-0.1, -0.05) is 12.1 Å². The van der Waals surface area contributed by atoms with E-state index in [4.69, 9.17) is 4.74 Å². The Hall–Kier alpha value is -2.42. The molecule has 0 unspecified atom stereocenters. The Morgan fingerprint density at radius 1 is 1.18 bits per heavy atom. The minimum atomic E-state index is -3.83. The number of sulfonamides is 1. The molecule has 3 rings (SSSR count). The second kappa shape index (κ2) is 8.30. The first-order valence-electron chi connectivity index (χ1n) is 9.46. The van der Waals surface area contributed by atoms with Crippen LogP contribution in [0.15, 0.2) is 29.2 Å². The van der Waals surface area contributed by atoms with Gasteiger partial charge in [0.2, 0.25) is 5.91 Å². The van der Waals surface area contributed by atoms with Crippen molar-refractivity contribution < 1.29 is 27.5 Å². The first kappa shape index (κ1) is 20.3. The van der Waals surface area contributed by atoms with E-state index in [0.717, 1.165) is 4.31 Å². The van der Waals surface area contributed by atoms with E-state index >= 15 is 0 Å². The summed E-state index contributed by atoms with van der Waals surface area (Å²) < 4.78 is 30.8. The van der Waals surface area contributed by atoms with E-state index in [2.05, 4.69) is 0 Å². The Labute approximate surface area is 164 Å². The van der Waals surface area contributed by atoms with Crippen LogP contribution in [0.1, 0.15) is 43.0 Å². The molecule has 0 aliphatic carbocycles. The second-order valence-corrected chi connectivity index (χ2v) is 8.72. The maximum Gasteiger partial charge on any atom is 0.309 e. The van der Waals surface area contributed by atoms with E-state index in [1.54, 1.807) is 24.0 Å². The van der Waals surface area contributed by atoms with E-state index < -0.39 is 15.9 Å². The lowest BCUT2D eigenvalue weighted by atomic mass is 9.97.